The monoisotopic (exact) mass is 602 g/mol. The first kappa shape index (κ1) is 32.0. The van der Waals surface area contributed by atoms with Gasteiger partial charge in [-0.2, -0.15) is 22.9 Å². The Bertz CT molecular complexity index is 1250. The molecule has 5 aromatic carbocycles. The quantitative estimate of drug-likeness (QED) is 0.0807. The predicted molar refractivity (Wildman–Crippen MR) is 178 cm³/mol. The van der Waals surface area contributed by atoms with Gasteiger partial charge in [-0.15, -0.1) is 7.92 Å². The van der Waals surface area contributed by atoms with Gasteiger partial charge in [0.05, 0.1) is 0 Å². The Labute approximate surface area is 255 Å². The van der Waals surface area contributed by atoms with E-state index in [0.717, 1.165) is 0 Å². The van der Waals surface area contributed by atoms with Crippen LogP contribution in [0.2, 0.25) is 0 Å². The zero-order chi connectivity index (χ0) is 27.9. The zero-order valence-electron chi connectivity index (χ0n) is 24.8. The molecule has 0 nitrogen and oxygen atoms in total. The first-order valence-electron chi connectivity index (χ1n) is 14.0. The first-order valence-corrected chi connectivity index (χ1v) is 17.5. The number of rotatable bonds is 6. The summed E-state index contributed by atoms with van der Waals surface area (Å²) >= 11 is 0. The second kappa shape index (κ2) is 13.9. The molecule has 0 fully saturated rings. The third kappa shape index (κ3) is 7.42. The van der Waals surface area contributed by atoms with E-state index < -0.39 is 8.07 Å². The van der Waals surface area contributed by atoms with Crippen molar-refractivity contribution >= 4 is 36.7 Å². The van der Waals surface area contributed by atoms with Gasteiger partial charge in [-0.25, -0.2) is 6.07 Å². The second-order valence-corrected chi connectivity index (χ2v) is 19.9. The molecule has 0 N–H and O–H groups in total. The van der Waals surface area contributed by atoms with Crippen LogP contribution in [-0.2, 0) is 23.2 Å². The number of hydrogen-bond acceptors (Lipinski definition) is 0. The standard InChI is InChI=1S/C32H38PSi.C5H5.Fe/c1-31(2,3)33(32(4,5)6)25-26-22-23-30(24-26)34(27-16-10-7-11-17-27,28-18-12-8-13-19-28)29-20-14-9-15-21-29;1-2-4-5-3-1;/h7-24H,25H2,1-6H3;1-5H;/q-1;-5;. The topological polar surface area (TPSA) is 0 Å². The summed E-state index contributed by atoms with van der Waals surface area (Å²) in [5.74, 6) is 0. The van der Waals surface area contributed by atoms with E-state index in [1.807, 2.05) is 30.3 Å². The Morgan fingerprint density at radius 1 is 0.550 bits per heavy atom. The Morgan fingerprint density at radius 2 is 0.900 bits per heavy atom. The van der Waals surface area contributed by atoms with Gasteiger partial charge in [-0.1, -0.05) is 154 Å². The largest absolute Gasteiger partial charge is 0.748 e. The summed E-state index contributed by atoms with van der Waals surface area (Å²) in [6, 6.07) is 51.1. The number of benzene rings is 3. The Morgan fingerprint density at radius 3 is 1.23 bits per heavy atom. The van der Waals surface area contributed by atoms with Crippen molar-refractivity contribution in [1.29, 1.82) is 0 Å². The van der Waals surface area contributed by atoms with Crippen LogP contribution < -0.4 is 20.7 Å². The van der Waals surface area contributed by atoms with Gasteiger partial charge in [0.2, 0.25) is 0 Å². The van der Waals surface area contributed by atoms with Gasteiger partial charge < -0.3 is 30.3 Å². The second-order valence-electron chi connectivity index (χ2n) is 12.2. The molecule has 0 unspecified atom stereocenters. The van der Waals surface area contributed by atoms with Crippen molar-refractivity contribution in [2.75, 3.05) is 0 Å². The molecule has 0 spiro atoms. The molecule has 0 aliphatic heterocycles. The first-order chi connectivity index (χ1) is 18.6. The Balaban J connectivity index is 0.000000662. The van der Waals surface area contributed by atoms with E-state index in [1.54, 1.807) is 0 Å². The fourth-order valence-corrected chi connectivity index (χ4v) is 14.2. The van der Waals surface area contributed by atoms with E-state index in [-0.39, 0.29) is 25.0 Å². The molecule has 3 heteroatoms. The maximum atomic E-state index is 2.55. The average molecular weight is 603 g/mol. The van der Waals surface area contributed by atoms with Crippen LogP contribution in [0.25, 0.3) is 0 Å². The van der Waals surface area contributed by atoms with E-state index in [4.69, 9.17) is 0 Å². The summed E-state index contributed by atoms with van der Waals surface area (Å²) in [6.07, 6.45) is 1.17. The van der Waals surface area contributed by atoms with Gasteiger partial charge in [-0.05, 0) is 10.3 Å². The third-order valence-corrected chi connectivity index (χ3v) is 16.1. The SMILES string of the molecule is CC(C)(C)P(C[c-]1ccc([Si](c2ccccc2)(c2ccccc2)c2ccccc2)c1)C(C)(C)C.[Fe].[cH-]1[cH-][cH-][cH-][cH-]1. The molecule has 0 aliphatic carbocycles. The van der Waals surface area contributed by atoms with Gasteiger partial charge in [-0.3, -0.25) is 0 Å². The summed E-state index contributed by atoms with van der Waals surface area (Å²) in [5, 5.41) is 6.45. The summed E-state index contributed by atoms with van der Waals surface area (Å²) in [6.45, 7) is 14.5. The summed E-state index contributed by atoms with van der Waals surface area (Å²) in [5.41, 5.74) is 1.49. The van der Waals surface area contributed by atoms with Gasteiger partial charge in [0.15, 0.2) is 0 Å². The Kier molecular flexibility index (Phi) is 11.2. The predicted octanol–water partition coefficient (Wildman–Crippen LogP) is 7.76. The molecule has 0 saturated heterocycles. The van der Waals surface area contributed by atoms with Crippen LogP contribution >= 0.6 is 7.92 Å². The summed E-state index contributed by atoms with van der Waals surface area (Å²) in [4.78, 5) is 0. The molecule has 0 saturated carbocycles. The van der Waals surface area contributed by atoms with Crippen molar-refractivity contribution in [1.82, 2.24) is 0 Å². The molecule has 0 atom stereocenters. The van der Waals surface area contributed by atoms with Crippen molar-refractivity contribution in [3.05, 3.63) is 145 Å². The minimum absolute atomic E-state index is 0. The maximum Gasteiger partial charge on any atom is 0.112 e. The fourth-order valence-electron chi connectivity index (χ4n) is 5.87. The molecular weight excluding hydrogens is 559 g/mol. The molecule has 5 aromatic rings. The molecule has 0 bridgehead atoms. The molecular formula is C37H43FePSi-6. The molecule has 40 heavy (non-hydrogen) atoms. The smallest absolute Gasteiger partial charge is 0.112 e. The van der Waals surface area contributed by atoms with Crippen LogP contribution in [0.15, 0.2) is 140 Å². The molecule has 0 amide bonds. The van der Waals surface area contributed by atoms with Crippen LogP contribution in [0.5, 0.6) is 0 Å². The molecule has 5 rings (SSSR count). The van der Waals surface area contributed by atoms with E-state index in [1.165, 1.54) is 32.5 Å². The van der Waals surface area contributed by atoms with Crippen molar-refractivity contribution in [2.45, 2.75) is 58.0 Å². The van der Waals surface area contributed by atoms with E-state index in [9.17, 15) is 0 Å². The van der Waals surface area contributed by atoms with Crippen molar-refractivity contribution in [3.63, 3.8) is 0 Å². The summed E-state index contributed by atoms with van der Waals surface area (Å²) in [7, 11) is -2.60. The Hall–Kier alpha value is -2.47. The minimum Gasteiger partial charge on any atom is -0.748 e. The van der Waals surface area contributed by atoms with Crippen LogP contribution in [0.1, 0.15) is 47.1 Å². The molecule has 0 heterocycles. The van der Waals surface area contributed by atoms with Gasteiger partial charge in [0.25, 0.3) is 0 Å². The minimum atomic E-state index is -2.41. The molecule has 0 aromatic heterocycles. The molecule has 0 radical (unpaired) electrons. The maximum absolute atomic E-state index is 2.55. The molecule has 0 aliphatic rings. The molecule has 214 valence electrons. The van der Waals surface area contributed by atoms with Gasteiger partial charge in [0.1, 0.15) is 8.07 Å². The van der Waals surface area contributed by atoms with Crippen molar-refractivity contribution in [2.24, 2.45) is 0 Å². The zero-order valence-corrected chi connectivity index (χ0v) is 27.8. The third-order valence-electron chi connectivity index (χ3n) is 7.39. The van der Waals surface area contributed by atoms with Crippen LogP contribution in [-0.4, -0.2) is 18.4 Å². The van der Waals surface area contributed by atoms with Crippen LogP contribution in [0.3, 0.4) is 0 Å². The van der Waals surface area contributed by atoms with Crippen molar-refractivity contribution in [3.8, 4) is 0 Å². The summed E-state index contributed by atoms with van der Waals surface area (Å²) < 4.78 is 0. The normalized spacial score (nSPS) is 11.9. The number of hydrogen-bond donors (Lipinski definition) is 0. The van der Waals surface area contributed by atoms with Crippen LogP contribution in [0, 0.1) is 0 Å². The van der Waals surface area contributed by atoms with Gasteiger partial charge >= 0.3 is 0 Å². The van der Waals surface area contributed by atoms with Crippen molar-refractivity contribution < 1.29 is 17.1 Å². The van der Waals surface area contributed by atoms with E-state index in [2.05, 4.69) is 151 Å². The fraction of sp³-hybridized carbons (Fsp3) is 0.243. The average Bonchev–Trinajstić information content (AvgIpc) is 3.65. The van der Waals surface area contributed by atoms with Crippen LogP contribution in [0.4, 0.5) is 0 Å². The van der Waals surface area contributed by atoms with E-state index >= 15 is 0 Å². The van der Waals surface area contributed by atoms with E-state index in [0.29, 0.717) is 10.3 Å². The van der Waals surface area contributed by atoms with Gasteiger partial charge in [0, 0.05) is 17.1 Å².